The average Bonchev–Trinajstić information content (AvgIpc) is 2.63. The highest BCUT2D eigenvalue weighted by Crippen LogP contribution is 2.20. The van der Waals surface area contributed by atoms with Gasteiger partial charge in [0.15, 0.2) is 0 Å². The fraction of sp³-hybridized carbons (Fsp3) is 0.818. The summed E-state index contributed by atoms with van der Waals surface area (Å²) in [4.78, 5) is 22.7. The number of carbonyl (C=O) groups is 2. The zero-order valence-corrected chi connectivity index (χ0v) is 9.95. The number of carboxylic acids is 1. The summed E-state index contributed by atoms with van der Waals surface area (Å²) in [5.41, 5.74) is -0.514. The van der Waals surface area contributed by atoms with E-state index in [1.807, 2.05) is 0 Å². The van der Waals surface area contributed by atoms with Gasteiger partial charge in [0.1, 0.15) is 12.1 Å². The number of nitrogens with one attached hydrogen (secondary N) is 1. The Morgan fingerprint density at radius 2 is 2.06 bits per heavy atom. The van der Waals surface area contributed by atoms with Crippen molar-refractivity contribution in [3.05, 3.63) is 0 Å². The number of aliphatic carboxylic acids is 1. The van der Waals surface area contributed by atoms with E-state index in [9.17, 15) is 9.59 Å². The van der Waals surface area contributed by atoms with Gasteiger partial charge >= 0.3 is 5.97 Å². The molecule has 0 bridgehead atoms. The van der Waals surface area contributed by atoms with Crippen molar-refractivity contribution in [3.8, 4) is 0 Å². The molecule has 2 N–H and O–H groups in total. The topological polar surface area (TPSA) is 75.6 Å². The molecule has 2 atom stereocenters. The van der Waals surface area contributed by atoms with Gasteiger partial charge in [0, 0.05) is 6.61 Å². The van der Waals surface area contributed by atoms with Gasteiger partial charge < -0.3 is 15.2 Å². The standard InChI is InChI=1S/C11H19NO4/c1-11(2,3)8(10(14)15)12-9(13)7-5-4-6-16-7/h7-8H,4-6H2,1-3H3,(H,12,13)(H,14,15)/t7?,8-/m0/s1. The number of carboxylic acid groups (broad SMARTS) is 1. The predicted octanol–water partition coefficient (Wildman–Crippen LogP) is 0.781. The van der Waals surface area contributed by atoms with E-state index in [1.165, 1.54) is 0 Å². The first kappa shape index (κ1) is 13.0. The summed E-state index contributed by atoms with van der Waals surface area (Å²) >= 11 is 0. The molecule has 1 heterocycles. The molecule has 5 heteroatoms. The first-order valence-corrected chi connectivity index (χ1v) is 5.47. The lowest BCUT2D eigenvalue weighted by molar-refractivity contribution is -0.146. The molecular weight excluding hydrogens is 210 g/mol. The lowest BCUT2D eigenvalue weighted by Crippen LogP contribution is -2.51. The van der Waals surface area contributed by atoms with Crippen molar-refractivity contribution in [3.63, 3.8) is 0 Å². The van der Waals surface area contributed by atoms with Crippen molar-refractivity contribution in [2.24, 2.45) is 5.41 Å². The molecular formula is C11H19NO4. The SMILES string of the molecule is CC(C)(C)[C@@H](NC(=O)C1CCCO1)C(=O)O. The molecule has 1 rings (SSSR count). The fourth-order valence-corrected chi connectivity index (χ4v) is 1.67. The Hall–Kier alpha value is -1.10. The van der Waals surface area contributed by atoms with Crippen molar-refractivity contribution in [1.82, 2.24) is 5.32 Å². The molecule has 1 fully saturated rings. The van der Waals surface area contributed by atoms with Crippen molar-refractivity contribution < 1.29 is 19.4 Å². The van der Waals surface area contributed by atoms with Gasteiger partial charge in [-0.05, 0) is 18.3 Å². The van der Waals surface area contributed by atoms with Crippen LogP contribution < -0.4 is 5.32 Å². The van der Waals surface area contributed by atoms with Crippen LogP contribution in [0.3, 0.4) is 0 Å². The molecule has 1 saturated heterocycles. The maximum atomic E-state index is 11.7. The summed E-state index contributed by atoms with van der Waals surface area (Å²) in [6.45, 7) is 5.91. The van der Waals surface area contributed by atoms with Crippen LogP contribution in [0.15, 0.2) is 0 Å². The Labute approximate surface area is 95.2 Å². The highest BCUT2D eigenvalue weighted by Gasteiger charge is 2.35. The number of hydrogen-bond acceptors (Lipinski definition) is 3. The maximum Gasteiger partial charge on any atom is 0.326 e. The van der Waals surface area contributed by atoms with Crippen LogP contribution in [0.4, 0.5) is 0 Å². The first-order chi connectivity index (χ1) is 7.32. The van der Waals surface area contributed by atoms with Crippen LogP contribution in [0, 0.1) is 5.41 Å². The van der Waals surface area contributed by atoms with E-state index in [2.05, 4.69) is 5.32 Å². The first-order valence-electron chi connectivity index (χ1n) is 5.47. The van der Waals surface area contributed by atoms with Gasteiger partial charge in [-0.2, -0.15) is 0 Å². The summed E-state index contributed by atoms with van der Waals surface area (Å²) in [7, 11) is 0. The van der Waals surface area contributed by atoms with Gasteiger partial charge in [-0.25, -0.2) is 4.79 Å². The van der Waals surface area contributed by atoms with E-state index in [0.29, 0.717) is 13.0 Å². The fourth-order valence-electron chi connectivity index (χ4n) is 1.67. The molecule has 0 saturated carbocycles. The molecule has 1 aliphatic rings. The van der Waals surface area contributed by atoms with Gasteiger partial charge in [0.05, 0.1) is 0 Å². The predicted molar refractivity (Wildman–Crippen MR) is 58.0 cm³/mol. The number of ether oxygens (including phenoxy) is 1. The van der Waals surface area contributed by atoms with Crippen molar-refractivity contribution >= 4 is 11.9 Å². The summed E-state index contributed by atoms with van der Waals surface area (Å²) in [5, 5.41) is 11.6. The summed E-state index contributed by atoms with van der Waals surface area (Å²) in [6, 6.07) is -0.885. The maximum absolute atomic E-state index is 11.7. The molecule has 0 aliphatic carbocycles. The molecule has 0 aromatic rings. The number of hydrogen-bond donors (Lipinski definition) is 2. The van der Waals surface area contributed by atoms with Gasteiger partial charge in [-0.1, -0.05) is 20.8 Å². The van der Waals surface area contributed by atoms with Crippen LogP contribution in [-0.2, 0) is 14.3 Å². The summed E-state index contributed by atoms with van der Waals surface area (Å²) in [6.07, 6.45) is 1.04. The van der Waals surface area contributed by atoms with Crippen LogP contribution >= 0.6 is 0 Å². The molecule has 1 aliphatic heterocycles. The normalized spacial score (nSPS) is 22.8. The van der Waals surface area contributed by atoms with Crippen molar-refractivity contribution in [1.29, 1.82) is 0 Å². The van der Waals surface area contributed by atoms with Crippen LogP contribution in [0.1, 0.15) is 33.6 Å². The molecule has 1 unspecified atom stereocenters. The Morgan fingerprint density at radius 1 is 1.44 bits per heavy atom. The lowest BCUT2D eigenvalue weighted by Gasteiger charge is -2.28. The van der Waals surface area contributed by atoms with Gasteiger partial charge in [-0.3, -0.25) is 4.79 Å². The van der Waals surface area contributed by atoms with Crippen LogP contribution in [-0.4, -0.2) is 35.7 Å². The average molecular weight is 229 g/mol. The second kappa shape index (κ2) is 4.82. The largest absolute Gasteiger partial charge is 0.480 e. The second-order valence-electron chi connectivity index (χ2n) is 5.15. The molecule has 5 nitrogen and oxygen atoms in total. The Bertz CT molecular complexity index is 276. The molecule has 16 heavy (non-hydrogen) atoms. The highest BCUT2D eigenvalue weighted by molar-refractivity contribution is 5.86. The van der Waals surface area contributed by atoms with Gasteiger partial charge in [0.25, 0.3) is 0 Å². The molecule has 0 aromatic heterocycles. The highest BCUT2D eigenvalue weighted by atomic mass is 16.5. The van der Waals surface area contributed by atoms with E-state index in [4.69, 9.17) is 9.84 Å². The minimum atomic E-state index is -1.01. The Morgan fingerprint density at radius 3 is 2.44 bits per heavy atom. The van der Waals surface area contributed by atoms with Crippen molar-refractivity contribution in [2.75, 3.05) is 6.61 Å². The quantitative estimate of drug-likeness (QED) is 0.750. The van der Waals surface area contributed by atoms with E-state index in [0.717, 1.165) is 6.42 Å². The summed E-state index contributed by atoms with van der Waals surface area (Å²) < 4.78 is 5.20. The van der Waals surface area contributed by atoms with E-state index in [1.54, 1.807) is 20.8 Å². The third kappa shape index (κ3) is 3.20. The van der Waals surface area contributed by atoms with Crippen molar-refractivity contribution in [2.45, 2.75) is 45.8 Å². The minimum absolute atomic E-state index is 0.320. The molecule has 0 spiro atoms. The Kier molecular flexibility index (Phi) is 3.91. The Balaban J connectivity index is 2.61. The van der Waals surface area contributed by atoms with E-state index in [-0.39, 0.29) is 5.91 Å². The zero-order valence-electron chi connectivity index (χ0n) is 9.95. The van der Waals surface area contributed by atoms with Gasteiger partial charge in [-0.15, -0.1) is 0 Å². The van der Waals surface area contributed by atoms with Gasteiger partial charge in [0.2, 0.25) is 5.91 Å². The number of amides is 1. The molecule has 1 amide bonds. The molecule has 0 radical (unpaired) electrons. The lowest BCUT2D eigenvalue weighted by atomic mass is 9.86. The number of carbonyl (C=O) groups excluding carboxylic acids is 1. The molecule has 0 aromatic carbocycles. The summed E-state index contributed by atoms with van der Waals surface area (Å²) in [5.74, 6) is -1.33. The monoisotopic (exact) mass is 229 g/mol. The van der Waals surface area contributed by atoms with E-state index >= 15 is 0 Å². The third-order valence-corrected chi connectivity index (χ3v) is 2.62. The smallest absolute Gasteiger partial charge is 0.326 e. The third-order valence-electron chi connectivity index (χ3n) is 2.62. The van der Waals surface area contributed by atoms with Crippen LogP contribution in [0.25, 0.3) is 0 Å². The number of rotatable bonds is 3. The zero-order chi connectivity index (χ0) is 12.3. The minimum Gasteiger partial charge on any atom is -0.480 e. The van der Waals surface area contributed by atoms with Crippen LogP contribution in [0.2, 0.25) is 0 Å². The second-order valence-corrected chi connectivity index (χ2v) is 5.15. The molecule has 92 valence electrons. The van der Waals surface area contributed by atoms with E-state index < -0.39 is 23.5 Å². The van der Waals surface area contributed by atoms with Crippen LogP contribution in [0.5, 0.6) is 0 Å².